The van der Waals surface area contributed by atoms with Gasteiger partial charge in [0.15, 0.2) is 11.6 Å². The van der Waals surface area contributed by atoms with Crippen LogP contribution in [0.1, 0.15) is 51.7 Å². The summed E-state index contributed by atoms with van der Waals surface area (Å²) >= 11 is 0. The molecule has 6 heteroatoms. The van der Waals surface area contributed by atoms with Gasteiger partial charge in [-0.3, -0.25) is 4.57 Å². The van der Waals surface area contributed by atoms with Gasteiger partial charge in [0.25, 0.3) is 0 Å². The second-order valence-electron chi connectivity index (χ2n) is 18.6. The molecular weight excluding hydrogens is 771 g/mol. The average Bonchev–Trinajstić information content (AvgIpc) is 3.99. The highest BCUT2D eigenvalue weighted by atomic mass is 16.3. The Bertz CT molecular complexity index is 3850. The second-order valence-corrected chi connectivity index (χ2v) is 18.6. The van der Waals surface area contributed by atoms with Crippen LogP contribution in [0.4, 0.5) is 0 Å². The number of hydrogen-bond acceptors (Lipinski definition) is 4. The van der Waals surface area contributed by atoms with Crippen LogP contribution in [0, 0.1) is 0 Å². The maximum absolute atomic E-state index is 6.41. The summed E-state index contributed by atoms with van der Waals surface area (Å²) in [7, 11) is 0. The van der Waals surface area contributed by atoms with Crippen molar-refractivity contribution in [1.82, 2.24) is 24.1 Å². The van der Waals surface area contributed by atoms with Crippen molar-refractivity contribution in [2.24, 2.45) is 0 Å². The molecule has 13 rings (SSSR count). The van der Waals surface area contributed by atoms with E-state index in [1.165, 1.54) is 43.6 Å². The third-order valence-corrected chi connectivity index (χ3v) is 14.0. The predicted molar refractivity (Wildman–Crippen MR) is 259 cm³/mol. The van der Waals surface area contributed by atoms with Gasteiger partial charge in [0.05, 0.1) is 22.1 Å². The van der Waals surface area contributed by atoms with Crippen molar-refractivity contribution >= 4 is 76.3 Å². The Morgan fingerprint density at radius 2 is 1.05 bits per heavy atom. The first-order valence-electron chi connectivity index (χ1n) is 22.0. The standard InChI is InChI=1S/C57H43N5O/c1-56(2)32-33-57(3,4)49-42(56)31-30-40-48-37-23-12-11-22-36(37)47-38-24-13-15-27-43(38)62(52(47)51(48)61(50(40)49)35-20-9-6-10-21-35)55-59-53(34-18-7-5-8-19-34)58-54(60-55)41-26-17-29-45-46(41)39-25-14-16-28-44(39)63-45/h5-31H,32-33H2,1-4H3. The van der Waals surface area contributed by atoms with E-state index in [4.69, 9.17) is 19.4 Å². The SMILES string of the molecule is CC1(C)CCC(C)(C)c2c1ccc1c3c4ccccc4c4c5ccccc5n(-c5nc(-c6ccccc6)nc(-c6cccc7oc8ccccc8c67)n5)c4c3n(-c3ccccc3)c21. The topological polar surface area (TPSA) is 61.7 Å². The van der Waals surface area contributed by atoms with Gasteiger partial charge in [-0.1, -0.05) is 161 Å². The molecule has 0 unspecified atom stereocenters. The molecule has 0 fully saturated rings. The lowest BCUT2D eigenvalue weighted by Gasteiger charge is -2.42. The van der Waals surface area contributed by atoms with Crippen molar-refractivity contribution in [3.63, 3.8) is 0 Å². The molecule has 0 atom stereocenters. The van der Waals surface area contributed by atoms with Crippen LogP contribution in [-0.4, -0.2) is 24.1 Å². The molecule has 0 N–H and O–H groups in total. The number of benzene rings is 8. The molecule has 0 spiro atoms. The molecule has 0 bridgehead atoms. The largest absolute Gasteiger partial charge is 0.456 e. The van der Waals surface area contributed by atoms with Gasteiger partial charge >= 0.3 is 0 Å². The van der Waals surface area contributed by atoms with Crippen LogP contribution in [0.25, 0.3) is 111 Å². The molecule has 8 aromatic carbocycles. The molecule has 4 heterocycles. The molecule has 0 saturated carbocycles. The molecule has 0 aliphatic heterocycles. The fourth-order valence-corrected chi connectivity index (χ4v) is 11.0. The Labute approximate surface area is 364 Å². The fraction of sp³-hybridized carbons (Fsp3) is 0.140. The molecule has 12 aromatic rings. The van der Waals surface area contributed by atoms with E-state index < -0.39 is 0 Å². The summed E-state index contributed by atoms with van der Waals surface area (Å²) in [5.74, 6) is 1.74. The zero-order valence-electron chi connectivity index (χ0n) is 35.6. The van der Waals surface area contributed by atoms with E-state index in [0.717, 1.165) is 73.5 Å². The normalized spacial score (nSPS) is 14.8. The van der Waals surface area contributed by atoms with Gasteiger partial charge in [0.2, 0.25) is 5.95 Å². The number of aromatic nitrogens is 5. The first-order valence-corrected chi connectivity index (χ1v) is 22.0. The molecule has 4 aromatic heterocycles. The van der Waals surface area contributed by atoms with E-state index in [1.54, 1.807) is 0 Å². The molecular formula is C57H43N5O. The summed E-state index contributed by atoms with van der Waals surface area (Å²) in [6.07, 6.45) is 2.24. The predicted octanol–water partition coefficient (Wildman–Crippen LogP) is 14.8. The van der Waals surface area contributed by atoms with Crippen LogP contribution in [-0.2, 0) is 10.8 Å². The lowest BCUT2D eigenvalue weighted by atomic mass is 9.62. The molecule has 1 aliphatic rings. The molecule has 0 amide bonds. The molecule has 63 heavy (non-hydrogen) atoms. The Balaban J connectivity index is 1.27. The number of nitrogens with zero attached hydrogens (tertiary/aromatic N) is 5. The Kier molecular flexibility index (Phi) is 7.44. The molecule has 1 aliphatic carbocycles. The minimum Gasteiger partial charge on any atom is -0.456 e. The lowest BCUT2D eigenvalue weighted by Crippen LogP contribution is -2.34. The maximum atomic E-state index is 6.41. The Morgan fingerprint density at radius 3 is 1.83 bits per heavy atom. The van der Waals surface area contributed by atoms with Gasteiger partial charge in [-0.15, -0.1) is 0 Å². The second kappa shape index (κ2) is 13.0. The quantitative estimate of drug-likeness (QED) is 0.178. The third kappa shape index (κ3) is 5.09. The summed E-state index contributed by atoms with van der Waals surface area (Å²) < 4.78 is 11.3. The van der Waals surface area contributed by atoms with Crippen LogP contribution < -0.4 is 0 Å². The molecule has 6 nitrogen and oxygen atoms in total. The van der Waals surface area contributed by atoms with Gasteiger partial charge in [0, 0.05) is 49.1 Å². The first-order chi connectivity index (χ1) is 30.8. The van der Waals surface area contributed by atoms with Crippen LogP contribution in [0.15, 0.2) is 168 Å². The zero-order chi connectivity index (χ0) is 42.2. The van der Waals surface area contributed by atoms with E-state index in [1.807, 2.05) is 42.5 Å². The third-order valence-electron chi connectivity index (χ3n) is 14.0. The molecule has 0 saturated heterocycles. The van der Waals surface area contributed by atoms with Gasteiger partial charge < -0.3 is 8.98 Å². The fourth-order valence-electron chi connectivity index (χ4n) is 11.0. The highest BCUT2D eigenvalue weighted by Gasteiger charge is 2.40. The number of rotatable bonds is 4. The van der Waals surface area contributed by atoms with E-state index >= 15 is 0 Å². The highest BCUT2D eigenvalue weighted by molar-refractivity contribution is 6.36. The number of fused-ring (bicyclic) bond motifs is 15. The average molecular weight is 814 g/mol. The molecule has 0 radical (unpaired) electrons. The number of furan rings is 1. The minimum absolute atomic E-state index is 0.0294. The van der Waals surface area contributed by atoms with Crippen molar-refractivity contribution < 1.29 is 4.42 Å². The highest BCUT2D eigenvalue weighted by Crippen LogP contribution is 2.53. The van der Waals surface area contributed by atoms with Crippen molar-refractivity contribution in [2.45, 2.75) is 51.4 Å². The van der Waals surface area contributed by atoms with Crippen LogP contribution in [0.5, 0.6) is 0 Å². The summed E-state index contributed by atoms with van der Waals surface area (Å²) in [6.45, 7) is 9.73. The summed E-state index contributed by atoms with van der Waals surface area (Å²) in [4.78, 5) is 16.3. The van der Waals surface area contributed by atoms with Crippen molar-refractivity contribution in [3.05, 3.63) is 175 Å². The van der Waals surface area contributed by atoms with Gasteiger partial charge in [0.1, 0.15) is 11.2 Å². The van der Waals surface area contributed by atoms with Crippen molar-refractivity contribution in [1.29, 1.82) is 0 Å². The van der Waals surface area contributed by atoms with E-state index in [-0.39, 0.29) is 10.8 Å². The Hall–Kier alpha value is -7.57. The minimum atomic E-state index is -0.0567. The van der Waals surface area contributed by atoms with Gasteiger partial charge in [-0.05, 0) is 75.9 Å². The summed E-state index contributed by atoms with van der Waals surface area (Å²) in [5, 5.41) is 9.25. The number of para-hydroxylation sites is 3. The van der Waals surface area contributed by atoms with Crippen molar-refractivity contribution in [3.8, 4) is 34.4 Å². The molecule has 302 valence electrons. The van der Waals surface area contributed by atoms with E-state index in [9.17, 15) is 0 Å². The van der Waals surface area contributed by atoms with Crippen LogP contribution >= 0.6 is 0 Å². The lowest BCUT2D eigenvalue weighted by molar-refractivity contribution is 0.334. The Morgan fingerprint density at radius 1 is 0.444 bits per heavy atom. The maximum Gasteiger partial charge on any atom is 0.238 e. The van der Waals surface area contributed by atoms with Crippen LogP contribution in [0.2, 0.25) is 0 Å². The monoisotopic (exact) mass is 813 g/mol. The van der Waals surface area contributed by atoms with Gasteiger partial charge in [-0.2, -0.15) is 9.97 Å². The van der Waals surface area contributed by atoms with Crippen LogP contribution in [0.3, 0.4) is 0 Å². The first kappa shape index (κ1) is 36.1. The van der Waals surface area contributed by atoms with E-state index in [2.05, 4.69) is 158 Å². The van der Waals surface area contributed by atoms with Crippen molar-refractivity contribution in [2.75, 3.05) is 0 Å². The summed E-state index contributed by atoms with van der Waals surface area (Å²) in [5.41, 5.74) is 11.9. The smallest absolute Gasteiger partial charge is 0.238 e. The van der Waals surface area contributed by atoms with E-state index in [0.29, 0.717) is 17.6 Å². The zero-order valence-corrected chi connectivity index (χ0v) is 35.6. The summed E-state index contributed by atoms with van der Waals surface area (Å²) in [6, 6.07) is 58.2. The van der Waals surface area contributed by atoms with Gasteiger partial charge in [-0.25, -0.2) is 4.98 Å². The number of hydrogen-bond donors (Lipinski definition) is 0.